The molecular formula is C17H25ClN4O2. The van der Waals surface area contributed by atoms with E-state index in [1.807, 2.05) is 18.2 Å². The van der Waals surface area contributed by atoms with Gasteiger partial charge in [-0.1, -0.05) is 18.9 Å². The Labute approximate surface area is 147 Å². The number of hydrogen-bond donors (Lipinski definition) is 4. The Balaban J connectivity index is 0.00000208. The van der Waals surface area contributed by atoms with Crippen molar-refractivity contribution in [2.24, 2.45) is 5.73 Å². The minimum atomic E-state index is -0.194. The number of carbonyl (C=O) groups is 1. The van der Waals surface area contributed by atoms with E-state index in [0.717, 1.165) is 55.1 Å². The Bertz CT molecular complexity index is 746. The van der Waals surface area contributed by atoms with E-state index in [4.69, 9.17) is 5.73 Å². The Morgan fingerprint density at radius 1 is 1.21 bits per heavy atom. The summed E-state index contributed by atoms with van der Waals surface area (Å²) in [6.45, 7) is 0.524. The largest absolute Gasteiger partial charge is 0.349 e. The Morgan fingerprint density at radius 2 is 1.92 bits per heavy atom. The molecule has 7 heteroatoms. The highest BCUT2D eigenvalue weighted by atomic mass is 35.5. The summed E-state index contributed by atoms with van der Waals surface area (Å²) in [4.78, 5) is 28.9. The fourth-order valence-electron chi connectivity index (χ4n) is 3.48. The van der Waals surface area contributed by atoms with Gasteiger partial charge in [-0.3, -0.25) is 4.79 Å². The first-order chi connectivity index (χ1) is 11.1. The van der Waals surface area contributed by atoms with Crippen LogP contribution in [-0.2, 0) is 11.2 Å². The van der Waals surface area contributed by atoms with Crippen molar-refractivity contribution in [3.63, 3.8) is 0 Å². The van der Waals surface area contributed by atoms with Gasteiger partial charge in [0.2, 0.25) is 5.91 Å². The number of amides is 1. The predicted octanol–water partition coefficient (Wildman–Crippen LogP) is 1.99. The van der Waals surface area contributed by atoms with Gasteiger partial charge in [-0.15, -0.1) is 12.4 Å². The number of halogens is 1. The molecule has 3 rings (SSSR count). The van der Waals surface area contributed by atoms with Crippen LogP contribution in [0.4, 0.5) is 0 Å². The first kappa shape index (κ1) is 18.5. The summed E-state index contributed by atoms with van der Waals surface area (Å²) in [5.41, 5.74) is 8.22. The third-order valence-electron chi connectivity index (χ3n) is 4.81. The van der Waals surface area contributed by atoms with Crippen molar-refractivity contribution < 1.29 is 4.79 Å². The molecule has 0 aliphatic heterocycles. The molecule has 0 atom stereocenters. The maximum Gasteiger partial charge on any atom is 0.323 e. The average Bonchev–Trinajstić information content (AvgIpc) is 3.13. The maximum absolute atomic E-state index is 12.1. The molecule has 1 saturated carbocycles. The van der Waals surface area contributed by atoms with Gasteiger partial charge >= 0.3 is 5.69 Å². The molecule has 1 fully saturated rings. The normalized spacial score (nSPS) is 16.0. The standard InChI is InChI=1S/C17H24N4O2.ClH/c18-11-17(8-1-2-9-17)21-15(22)5-3-4-12-6-7-13-14(10-12)20-16(23)19-13;/h6-7,10H,1-5,8-9,11,18H2,(H,21,22)(H2,19,20,23);1H. The number of H-pyrrole nitrogens is 2. The van der Waals surface area contributed by atoms with E-state index in [9.17, 15) is 9.59 Å². The van der Waals surface area contributed by atoms with Gasteiger partial charge in [0.15, 0.2) is 0 Å². The molecular weight excluding hydrogens is 328 g/mol. The van der Waals surface area contributed by atoms with Crippen LogP contribution in [0.5, 0.6) is 0 Å². The van der Waals surface area contributed by atoms with E-state index in [0.29, 0.717) is 13.0 Å². The van der Waals surface area contributed by atoms with Crippen molar-refractivity contribution in [2.45, 2.75) is 50.5 Å². The van der Waals surface area contributed by atoms with Crippen molar-refractivity contribution in [3.05, 3.63) is 34.2 Å². The number of rotatable bonds is 6. The molecule has 1 heterocycles. The van der Waals surface area contributed by atoms with Crippen LogP contribution in [0, 0.1) is 0 Å². The Hall–Kier alpha value is -1.79. The van der Waals surface area contributed by atoms with Gasteiger partial charge < -0.3 is 21.0 Å². The minimum absolute atomic E-state index is 0. The third-order valence-corrected chi connectivity index (χ3v) is 4.81. The number of aryl methyl sites for hydroxylation is 1. The molecule has 5 N–H and O–H groups in total. The second kappa shape index (κ2) is 7.85. The second-order valence-electron chi connectivity index (χ2n) is 6.55. The molecule has 24 heavy (non-hydrogen) atoms. The number of nitrogens with two attached hydrogens (primary N) is 1. The molecule has 0 radical (unpaired) electrons. The van der Waals surface area contributed by atoms with E-state index in [1.54, 1.807) is 0 Å². The van der Waals surface area contributed by atoms with Gasteiger partial charge in [-0.05, 0) is 43.4 Å². The van der Waals surface area contributed by atoms with Gasteiger partial charge in [0.05, 0.1) is 16.6 Å². The van der Waals surface area contributed by atoms with Crippen molar-refractivity contribution in [3.8, 4) is 0 Å². The molecule has 6 nitrogen and oxygen atoms in total. The predicted molar refractivity (Wildman–Crippen MR) is 97.5 cm³/mol. The zero-order valence-corrected chi connectivity index (χ0v) is 14.5. The second-order valence-corrected chi connectivity index (χ2v) is 6.55. The smallest absolute Gasteiger partial charge is 0.323 e. The number of nitrogens with one attached hydrogen (secondary N) is 3. The number of carbonyl (C=O) groups excluding carboxylic acids is 1. The van der Waals surface area contributed by atoms with Crippen LogP contribution in [0.1, 0.15) is 44.1 Å². The summed E-state index contributed by atoms with van der Waals surface area (Å²) in [7, 11) is 0. The van der Waals surface area contributed by atoms with Crippen molar-refractivity contribution in [1.29, 1.82) is 0 Å². The lowest BCUT2D eigenvalue weighted by Gasteiger charge is -2.28. The Morgan fingerprint density at radius 3 is 2.62 bits per heavy atom. The lowest BCUT2D eigenvalue weighted by molar-refractivity contribution is -0.123. The van der Waals surface area contributed by atoms with E-state index in [2.05, 4.69) is 15.3 Å². The summed E-state index contributed by atoms with van der Waals surface area (Å²) in [6, 6.07) is 5.84. The van der Waals surface area contributed by atoms with E-state index in [1.165, 1.54) is 0 Å². The Kier molecular flexibility index (Phi) is 6.07. The van der Waals surface area contributed by atoms with Crippen LogP contribution < -0.4 is 16.7 Å². The summed E-state index contributed by atoms with van der Waals surface area (Å²) < 4.78 is 0. The molecule has 1 aliphatic rings. The number of aromatic amines is 2. The molecule has 0 bridgehead atoms. The molecule has 0 unspecified atom stereocenters. The molecule has 0 spiro atoms. The average molecular weight is 353 g/mol. The zero-order chi connectivity index (χ0) is 16.3. The van der Waals surface area contributed by atoms with Gasteiger partial charge in [0.1, 0.15) is 0 Å². The SMILES string of the molecule is Cl.NCC1(NC(=O)CCCc2ccc3[nH]c(=O)[nH]c3c2)CCCC1. The third kappa shape index (κ3) is 4.19. The van der Waals surface area contributed by atoms with Crippen LogP contribution in [-0.4, -0.2) is 28.0 Å². The van der Waals surface area contributed by atoms with Crippen molar-refractivity contribution >= 4 is 29.3 Å². The molecule has 2 aromatic rings. The quantitative estimate of drug-likeness (QED) is 0.639. The molecule has 1 aromatic heterocycles. The highest BCUT2D eigenvalue weighted by molar-refractivity contribution is 5.85. The number of benzene rings is 1. The number of aromatic nitrogens is 2. The molecule has 1 aromatic carbocycles. The molecule has 0 saturated heterocycles. The van der Waals surface area contributed by atoms with Crippen molar-refractivity contribution in [2.75, 3.05) is 6.54 Å². The fourth-order valence-corrected chi connectivity index (χ4v) is 3.48. The van der Waals surface area contributed by atoms with Crippen LogP contribution >= 0.6 is 12.4 Å². The maximum atomic E-state index is 12.1. The van der Waals surface area contributed by atoms with Crippen LogP contribution in [0.2, 0.25) is 0 Å². The first-order valence-corrected chi connectivity index (χ1v) is 8.32. The number of hydrogen-bond acceptors (Lipinski definition) is 3. The molecule has 1 amide bonds. The highest BCUT2D eigenvalue weighted by Gasteiger charge is 2.33. The van der Waals surface area contributed by atoms with Gasteiger partial charge in [-0.25, -0.2) is 4.79 Å². The minimum Gasteiger partial charge on any atom is -0.349 e. The number of fused-ring (bicyclic) bond motifs is 1. The lowest BCUT2D eigenvalue weighted by atomic mass is 9.97. The summed E-state index contributed by atoms with van der Waals surface area (Å²) in [5, 5.41) is 3.14. The van der Waals surface area contributed by atoms with Crippen LogP contribution in [0.25, 0.3) is 11.0 Å². The topological polar surface area (TPSA) is 104 Å². The van der Waals surface area contributed by atoms with Crippen LogP contribution in [0.3, 0.4) is 0 Å². The van der Waals surface area contributed by atoms with E-state index < -0.39 is 0 Å². The monoisotopic (exact) mass is 352 g/mol. The number of imidazole rings is 1. The highest BCUT2D eigenvalue weighted by Crippen LogP contribution is 2.28. The molecule has 132 valence electrons. The summed E-state index contributed by atoms with van der Waals surface area (Å²) in [5.74, 6) is 0.0912. The lowest BCUT2D eigenvalue weighted by Crippen LogP contribution is -2.51. The zero-order valence-electron chi connectivity index (χ0n) is 13.7. The first-order valence-electron chi connectivity index (χ1n) is 8.32. The van der Waals surface area contributed by atoms with Gasteiger partial charge in [0, 0.05) is 13.0 Å². The summed E-state index contributed by atoms with van der Waals surface area (Å²) in [6.07, 6.45) is 6.38. The summed E-state index contributed by atoms with van der Waals surface area (Å²) >= 11 is 0. The van der Waals surface area contributed by atoms with Crippen LogP contribution in [0.15, 0.2) is 23.0 Å². The van der Waals surface area contributed by atoms with Gasteiger partial charge in [0.25, 0.3) is 0 Å². The fraction of sp³-hybridized carbons (Fsp3) is 0.529. The van der Waals surface area contributed by atoms with E-state index >= 15 is 0 Å². The van der Waals surface area contributed by atoms with Gasteiger partial charge in [-0.2, -0.15) is 0 Å². The van der Waals surface area contributed by atoms with E-state index in [-0.39, 0.29) is 29.5 Å². The molecule has 1 aliphatic carbocycles. The van der Waals surface area contributed by atoms with Crippen molar-refractivity contribution in [1.82, 2.24) is 15.3 Å².